The van der Waals surface area contributed by atoms with Crippen molar-refractivity contribution in [2.45, 2.75) is 32.2 Å². The van der Waals surface area contributed by atoms with E-state index in [1.807, 2.05) is 41.7 Å². The van der Waals surface area contributed by atoms with E-state index in [-0.39, 0.29) is 0 Å². The molecule has 27 heavy (non-hydrogen) atoms. The zero-order valence-corrected chi connectivity index (χ0v) is 16.1. The molecule has 1 aliphatic heterocycles. The molecule has 2 aliphatic rings. The Morgan fingerprint density at radius 2 is 1.85 bits per heavy atom. The lowest BCUT2D eigenvalue weighted by atomic mass is 9.97. The molecule has 1 saturated heterocycles. The third-order valence-electron chi connectivity index (χ3n) is 5.25. The molecule has 0 N–H and O–H groups in total. The van der Waals surface area contributed by atoms with Crippen LogP contribution in [0.2, 0.25) is 0 Å². The van der Waals surface area contributed by atoms with E-state index >= 15 is 0 Å². The number of hydrogen-bond donors (Lipinski definition) is 0. The lowest BCUT2D eigenvalue weighted by Crippen LogP contribution is -2.36. The second-order valence-corrected chi connectivity index (χ2v) is 8.22. The maximum Gasteiger partial charge on any atom is 0.231 e. The predicted octanol–water partition coefficient (Wildman–Crippen LogP) is 4.19. The fourth-order valence-corrected chi connectivity index (χ4v) is 5.14. The van der Waals surface area contributed by atoms with E-state index < -0.39 is 0 Å². The van der Waals surface area contributed by atoms with Crippen molar-refractivity contribution in [3.63, 3.8) is 0 Å². The van der Waals surface area contributed by atoms with E-state index in [2.05, 4.69) is 4.90 Å². The number of para-hydroxylation sites is 1. The standard InChI is InChI=1S/C21H23N3O2S/c1-2-6-15(7-3-1)26-20-19-16-8-4-5-9-17(16)27-21(19)23-18(22-20)14-24-10-12-25-13-11-24/h1-3,6-7H,4-5,8-14H2. The summed E-state index contributed by atoms with van der Waals surface area (Å²) in [6.45, 7) is 4.16. The number of thiophene rings is 1. The van der Waals surface area contributed by atoms with Crippen molar-refractivity contribution < 1.29 is 9.47 Å². The van der Waals surface area contributed by atoms with Crippen LogP contribution in [0.15, 0.2) is 30.3 Å². The molecular weight excluding hydrogens is 358 g/mol. The number of aryl methyl sites for hydroxylation is 2. The normalized spacial score (nSPS) is 17.8. The summed E-state index contributed by atoms with van der Waals surface area (Å²) in [5.41, 5.74) is 1.41. The van der Waals surface area contributed by atoms with Gasteiger partial charge in [-0.05, 0) is 43.4 Å². The molecule has 1 aliphatic carbocycles. The zero-order chi connectivity index (χ0) is 18.1. The van der Waals surface area contributed by atoms with Crippen molar-refractivity contribution in [3.8, 4) is 11.6 Å². The molecule has 1 fully saturated rings. The number of aromatic nitrogens is 2. The Kier molecular flexibility index (Phi) is 4.78. The molecule has 0 atom stereocenters. The van der Waals surface area contributed by atoms with E-state index in [1.165, 1.54) is 23.3 Å². The van der Waals surface area contributed by atoms with Crippen LogP contribution in [0.5, 0.6) is 11.6 Å². The molecule has 0 amide bonds. The summed E-state index contributed by atoms with van der Waals surface area (Å²) < 4.78 is 11.7. The first kappa shape index (κ1) is 17.1. The summed E-state index contributed by atoms with van der Waals surface area (Å²) in [7, 11) is 0. The van der Waals surface area contributed by atoms with E-state index in [0.717, 1.165) is 67.5 Å². The fourth-order valence-electron chi connectivity index (χ4n) is 3.87. The van der Waals surface area contributed by atoms with Gasteiger partial charge < -0.3 is 9.47 Å². The van der Waals surface area contributed by atoms with Gasteiger partial charge in [-0.3, -0.25) is 4.90 Å². The molecule has 3 aromatic rings. The van der Waals surface area contributed by atoms with Crippen molar-refractivity contribution in [3.05, 3.63) is 46.6 Å². The van der Waals surface area contributed by atoms with Crippen LogP contribution in [0.3, 0.4) is 0 Å². The van der Waals surface area contributed by atoms with Crippen LogP contribution >= 0.6 is 11.3 Å². The molecule has 0 radical (unpaired) electrons. The predicted molar refractivity (Wildman–Crippen MR) is 107 cm³/mol. The smallest absolute Gasteiger partial charge is 0.231 e. The highest BCUT2D eigenvalue weighted by Crippen LogP contribution is 2.40. The average Bonchev–Trinajstić information content (AvgIpc) is 3.08. The Labute approximate surface area is 163 Å². The van der Waals surface area contributed by atoms with Crippen molar-refractivity contribution in [2.24, 2.45) is 0 Å². The van der Waals surface area contributed by atoms with Gasteiger partial charge in [-0.1, -0.05) is 18.2 Å². The number of benzene rings is 1. The molecule has 2 aromatic heterocycles. The maximum atomic E-state index is 6.26. The lowest BCUT2D eigenvalue weighted by molar-refractivity contribution is 0.0330. The van der Waals surface area contributed by atoms with Gasteiger partial charge in [-0.2, -0.15) is 4.98 Å². The van der Waals surface area contributed by atoms with E-state index in [9.17, 15) is 0 Å². The maximum absolute atomic E-state index is 6.26. The number of fused-ring (bicyclic) bond motifs is 3. The molecular formula is C21H23N3O2S. The summed E-state index contributed by atoms with van der Waals surface area (Å²) in [4.78, 5) is 14.7. The van der Waals surface area contributed by atoms with Gasteiger partial charge in [-0.25, -0.2) is 4.98 Å². The molecule has 0 saturated carbocycles. The number of morpholine rings is 1. The van der Waals surface area contributed by atoms with Gasteiger partial charge in [0, 0.05) is 18.0 Å². The number of nitrogens with zero attached hydrogens (tertiary/aromatic N) is 3. The van der Waals surface area contributed by atoms with Crippen LogP contribution in [0.25, 0.3) is 10.2 Å². The van der Waals surface area contributed by atoms with Gasteiger partial charge in [0.25, 0.3) is 0 Å². The highest BCUT2D eigenvalue weighted by molar-refractivity contribution is 7.18. The third kappa shape index (κ3) is 3.57. The quantitative estimate of drug-likeness (QED) is 0.678. The van der Waals surface area contributed by atoms with Gasteiger partial charge in [-0.15, -0.1) is 11.3 Å². The van der Waals surface area contributed by atoms with Gasteiger partial charge in [0.15, 0.2) is 0 Å². The third-order valence-corrected chi connectivity index (χ3v) is 6.44. The van der Waals surface area contributed by atoms with Crippen LogP contribution in [-0.2, 0) is 24.1 Å². The summed E-state index contributed by atoms with van der Waals surface area (Å²) in [6.07, 6.45) is 4.76. The minimum atomic E-state index is 0.717. The van der Waals surface area contributed by atoms with Crippen LogP contribution in [0, 0.1) is 0 Å². The highest BCUT2D eigenvalue weighted by atomic mass is 32.1. The zero-order valence-electron chi connectivity index (χ0n) is 15.3. The minimum Gasteiger partial charge on any atom is -0.438 e. The first-order chi connectivity index (χ1) is 13.4. The monoisotopic (exact) mass is 381 g/mol. The van der Waals surface area contributed by atoms with Crippen molar-refractivity contribution >= 4 is 21.6 Å². The first-order valence-electron chi connectivity index (χ1n) is 9.71. The molecule has 5 rings (SSSR count). The second kappa shape index (κ2) is 7.54. The van der Waals surface area contributed by atoms with E-state index in [0.29, 0.717) is 5.88 Å². The largest absolute Gasteiger partial charge is 0.438 e. The Morgan fingerprint density at radius 1 is 1.04 bits per heavy atom. The van der Waals surface area contributed by atoms with E-state index in [4.69, 9.17) is 19.4 Å². The number of hydrogen-bond acceptors (Lipinski definition) is 6. The van der Waals surface area contributed by atoms with Gasteiger partial charge in [0.05, 0.1) is 25.1 Å². The minimum absolute atomic E-state index is 0.717. The van der Waals surface area contributed by atoms with Crippen LogP contribution < -0.4 is 4.74 Å². The Balaban J connectivity index is 1.56. The van der Waals surface area contributed by atoms with E-state index in [1.54, 1.807) is 0 Å². The van der Waals surface area contributed by atoms with Crippen molar-refractivity contribution in [1.29, 1.82) is 0 Å². The molecule has 6 heteroatoms. The Bertz CT molecular complexity index is 935. The Morgan fingerprint density at radius 3 is 2.70 bits per heavy atom. The second-order valence-electron chi connectivity index (χ2n) is 7.14. The molecule has 5 nitrogen and oxygen atoms in total. The first-order valence-corrected chi connectivity index (χ1v) is 10.5. The molecule has 1 aromatic carbocycles. The molecule has 140 valence electrons. The van der Waals surface area contributed by atoms with Crippen LogP contribution in [-0.4, -0.2) is 41.2 Å². The summed E-state index contributed by atoms with van der Waals surface area (Å²) >= 11 is 1.83. The highest BCUT2D eigenvalue weighted by Gasteiger charge is 2.23. The SMILES string of the molecule is c1ccc(Oc2nc(CN3CCOCC3)nc3sc4c(c23)CCCC4)cc1. The lowest BCUT2D eigenvalue weighted by Gasteiger charge is -2.25. The van der Waals surface area contributed by atoms with Crippen LogP contribution in [0.1, 0.15) is 29.1 Å². The molecule has 0 spiro atoms. The summed E-state index contributed by atoms with van der Waals surface area (Å²) in [5, 5.41) is 1.13. The van der Waals surface area contributed by atoms with Crippen molar-refractivity contribution in [1.82, 2.24) is 14.9 Å². The number of ether oxygens (including phenoxy) is 2. The topological polar surface area (TPSA) is 47.5 Å². The van der Waals surface area contributed by atoms with Gasteiger partial charge >= 0.3 is 0 Å². The average molecular weight is 382 g/mol. The van der Waals surface area contributed by atoms with Gasteiger partial charge in [0.2, 0.25) is 5.88 Å². The summed E-state index contributed by atoms with van der Waals surface area (Å²) in [6, 6.07) is 9.94. The summed E-state index contributed by atoms with van der Waals surface area (Å²) in [5.74, 6) is 2.38. The fraction of sp³-hybridized carbons (Fsp3) is 0.429. The van der Waals surface area contributed by atoms with Crippen LogP contribution in [0.4, 0.5) is 0 Å². The van der Waals surface area contributed by atoms with Crippen molar-refractivity contribution in [2.75, 3.05) is 26.3 Å². The molecule has 3 heterocycles. The van der Waals surface area contributed by atoms with Gasteiger partial charge in [0.1, 0.15) is 16.4 Å². The number of rotatable bonds is 4. The molecule has 0 unspecified atom stereocenters. The Hall–Kier alpha value is -2.02. The molecule has 0 bridgehead atoms.